The Morgan fingerprint density at radius 2 is 2.15 bits per heavy atom. The van der Waals surface area contributed by atoms with E-state index in [1.807, 2.05) is 13.0 Å². The zero-order chi connectivity index (χ0) is 14.4. The molecule has 0 amide bonds. The van der Waals surface area contributed by atoms with Crippen molar-refractivity contribution in [2.45, 2.75) is 13.5 Å². The number of pyridine rings is 1. The Kier molecular flexibility index (Phi) is 5.12. The fourth-order valence-electron chi connectivity index (χ4n) is 1.74. The number of ether oxygens (including phenoxy) is 2. The second-order valence-electron chi connectivity index (χ2n) is 4.03. The first-order valence-electron chi connectivity index (χ1n) is 6.17. The molecule has 0 radical (unpaired) electrons. The molecule has 104 valence electrons. The largest absolute Gasteiger partial charge is 0.490 e. The summed E-state index contributed by atoms with van der Waals surface area (Å²) in [6, 6.07) is 7.16. The summed E-state index contributed by atoms with van der Waals surface area (Å²) in [4.78, 5) is 15.2. The van der Waals surface area contributed by atoms with Crippen LogP contribution in [0, 0.1) is 0 Å². The van der Waals surface area contributed by atoms with E-state index in [4.69, 9.17) is 9.47 Å². The van der Waals surface area contributed by atoms with Gasteiger partial charge in [-0.25, -0.2) is 0 Å². The topological polar surface area (TPSA) is 48.4 Å². The van der Waals surface area contributed by atoms with Crippen LogP contribution in [0.15, 0.2) is 41.1 Å². The summed E-state index contributed by atoms with van der Waals surface area (Å²) in [5.41, 5.74) is 1.38. The van der Waals surface area contributed by atoms with Crippen molar-refractivity contribution in [3.8, 4) is 11.5 Å². The van der Waals surface area contributed by atoms with Gasteiger partial charge in [0.25, 0.3) is 0 Å². The summed E-state index contributed by atoms with van der Waals surface area (Å²) in [5.74, 6) is 1.03. The molecule has 2 rings (SSSR count). The third kappa shape index (κ3) is 3.57. The van der Waals surface area contributed by atoms with Crippen LogP contribution < -0.4 is 9.47 Å². The van der Waals surface area contributed by atoms with Crippen LogP contribution in [0.3, 0.4) is 0 Å². The second-order valence-corrected chi connectivity index (χ2v) is 4.94. The highest BCUT2D eigenvalue weighted by Crippen LogP contribution is 2.31. The Balaban J connectivity index is 2.21. The van der Waals surface area contributed by atoms with Crippen LogP contribution in [-0.4, -0.2) is 17.9 Å². The van der Waals surface area contributed by atoms with Gasteiger partial charge in [0.05, 0.1) is 12.2 Å². The number of benzene rings is 1. The molecule has 4 nitrogen and oxygen atoms in total. The molecular weight excluding hydrogens is 322 g/mol. The lowest BCUT2D eigenvalue weighted by atomic mass is 10.2. The van der Waals surface area contributed by atoms with Gasteiger partial charge in [-0.3, -0.25) is 9.78 Å². The number of rotatable bonds is 6. The standard InChI is InChI=1S/C15H14BrNO3/c1-2-19-14-5-3-4-12(9-18)15(14)20-10-11-6-13(16)8-17-7-11/h3-9H,2,10H2,1H3. The van der Waals surface area contributed by atoms with Gasteiger partial charge in [-0.05, 0) is 41.1 Å². The number of nitrogens with zero attached hydrogens (tertiary/aromatic N) is 1. The van der Waals surface area contributed by atoms with E-state index in [1.165, 1.54) is 0 Å². The maximum Gasteiger partial charge on any atom is 0.172 e. The molecule has 5 heteroatoms. The molecule has 0 atom stereocenters. The molecule has 0 aliphatic rings. The van der Waals surface area contributed by atoms with Crippen LogP contribution >= 0.6 is 15.9 Å². The highest BCUT2D eigenvalue weighted by Gasteiger charge is 2.11. The highest BCUT2D eigenvalue weighted by atomic mass is 79.9. The third-order valence-electron chi connectivity index (χ3n) is 2.58. The SMILES string of the molecule is CCOc1cccc(C=O)c1OCc1cncc(Br)c1. The minimum atomic E-state index is 0.317. The average molecular weight is 336 g/mol. The molecule has 0 unspecified atom stereocenters. The maximum atomic E-state index is 11.1. The number of aromatic nitrogens is 1. The minimum Gasteiger partial charge on any atom is -0.490 e. The molecule has 0 aliphatic carbocycles. The van der Waals surface area contributed by atoms with Gasteiger partial charge in [-0.2, -0.15) is 0 Å². The molecule has 0 bridgehead atoms. The van der Waals surface area contributed by atoms with Crippen molar-refractivity contribution < 1.29 is 14.3 Å². The molecule has 0 spiro atoms. The van der Waals surface area contributed by atoms with E-state index in [0.29, 0.717) is 30.3 Å². The molecule has 0 saturated carbocycles. The van der Waals surface area contributed by atoms with Crippen molar-refractivity contribution in [1.29, 1.82) is 0 Å². The lowest BCUT2D eigenvalue weighted by Gasteiger charge is -2.13. The monoisotopic (exact) mass is 335 g/mol. The Hall–Kier alpha value is -1.88. The summed E-state index contributed by atoms with van der Waals surface area (Å²) >= 11 is 3.36. The minimum absolute atomic E-state index is 0.317. The van der Waals surface area contributed by atoms with Crippen molar-refractivity contribution in [3.05, 3.63) is 52.3 Å². The summed E-state index contributed by atoms with van der Waals surface area (Å²) in [5, 5.41) is 0. The van der Waals surface area contributed by atoms with Crippen LogP contribution in [0.1, 0.15) is 22.8 Å². The fraction of sp³-hybridized carbons (Fsp3) is 0.200. The average Bonchev–Trinajstić information content (AvgIpc) is 2.46. The van der Waals surface area contributed by atoms with Gasteiger partial charge in [0.2, 0.25) is 0 Å². The Labute approximate surface area is 125 Å². The van der Waals surface area contributed by atoms with Gasteiger partial charge in [0.15, 0.2) is 17.8 Å². The van der Waals surface area contributed by atoms with Crippen LogP contribution in [0.5, 0.6) is 11.5 Å². The van der Waals surface area contributed by atoms with E-state index in [0.717, 1.165) is 16.3 Å². The first kappa shape index (κ1) is 14.5. The van der Waals surface area contributed by atoms with Crippen molar-refractivity contribution in [1.82, 2.24) is 4.98 Å². The van der Waals surface area contributed by atoms with E-state index < -0.39 is 0 Å². The third-order valence-corrected chi connectivity index (χ3v) is 3.01. The summed E-state index contributed by atoms with van der Waals surface area (Å²) in [6.07, 6.45) is 4.18. The Morgan fingerprint density at radius 3 is 2.85 bits per heavy atom. The zero-order valence-electron chi connectivity index (χ0n) is 11.0. The van der Waals surface area contributed by atoms with Gasteiger partial charge in [0, 0.05) is 22.4 Å². The first-order valence-corrected chi connectivity index (χ1v) is 6.97. The molecule has 1 heterocycles. The van der Waals surface area contributed by atoms with Crippen LogP contribution in [0.25, 0.3) is 0 Å². The zero-order valence-corrected chi connectivity index (χ0v) is 12.6. The summed E-state index contributed by atoms with van der Waals surface area (Å²) in [6.45, 7) is 2.71. The van der Waals surface area contributed by atoms with Crippen molar-refractivity contribution in [2.75, 3.05) is 6.61 Å². The maximum absolute atomic E-state index is 11.1. The summed E-state index contributed by atoms with van der Waals surface area (Å²) in [7, 11) is 0. The quantitative estimate of drug-likeness (QED) is 0.756. The predicted molar refractivity (Wildman–Crippen MR) is 79.3 cm³/mol. The van der Waals surface area contributed by atoms with E-state index >= 15 is 0 Å². The second kappa shape index (κ2) is 7.05. The molecule has 0 N–H and O–H groups in total. The van der Waals surface area contributed by atoms with E-state index in [1.54, 1.807) is 30.6 Å². The Morgan fingerprint density at radius 1 is 1.30 bits per heavy atom. The van der Waals surface area contributed by atoms with Gasteiger partial charge >= 0.3 is 0 Å². The van der Waals surface area contributed by atoms with Gasteiger partial charge < -0.3 is 9.47 Å². The summed E-state index contributed by atoms with van der Waals surface area (Å²) < 4.78 is 12.1. The lowest BCUT2D eigenvalue weighted by Crippen LogP contribution is -2.02. The number of halogens is 1. The fourth-order valence-corrected chi connectivity index (χ4v) is 2.15. The van der Waals surface area contributed by atoms with Gasteiger partial charge in [-0.15, -0.1) is 0 Å². The number of carbonyl (C=O) groups excluding carboxylic acids is 1. The lowest BCUT2D eigenvalue weighted by molar-refractivity contribution is 0.111. The molecule has 0 aliphatic heterocycles. The number of carbonyl (C=O) groups is 1. The Bertz CT molecular complexity index is 601. The number of aldehydes is 1. The van der Waals surface area contributed by atoms with E-state index in [9.17, 15) is 4.79 Å². The molecular formula is C15H14BrNO3. The smallest absolute Gasteiger partial charge is 0.172 e. The van der Waals surface area contributed by atoms with Crippen LogP contribution in [0.2, 0.25) is 0 Å². The van der Waals surface area contributed by atoms with Crippen molar-refractivity contribution >= 4 is 22.2 Å². The normalized spacial score (nSPS) is 10.1. The molecule has 1 aromatic carbocycles. The van der Waals surface area contributed by atoms with Gasteiger partial charge in [-0.1, -0.05) is 6.07 Å². The van der Waals surface area contributed by atoms with Crippen molar-refractivity contribution in [2.24, 2.45) is 0 Å². The molecule has 0 saturated heterocycles. The highest BCUT2D eigenvalue weighted by molar-refractivity contribution is 9.10. The number of para-hydroxylation sites is 1. The van der Waals surface area contributed by atoms with Gasteiger partial charge in [0.1, 0.15) is 6.61 Å². The van der Waals surface area contributed by atoms with E-state index in [2.05, 4.69) is 20.9 Å². The molecule has 0 fully saturated rings. The number of hydrogen-bond donors (Lipinski definition) is 0. The molecule has 1 aromatic heterocycles. The number of hydrogen-bond acceptors (Lipinski definition) is 4. The molecule has 2 aromatic rings. The molecule has 20 heavy (non-hydrogen) atoms. The van der Waals surface area contributed by atoms with E-state index in [-0.39, 0.29) is 0 Å². The van der Waals surface area contributed by atoms with Crippen LogP contribution in [0.4, 0.5) is 0 Å². The predicted octanol–water partition coefficient (Wildman–Crippen LogP) is 3.63. The van der Waals surface area contributed by atoms with Crippen molar-refractivity contribution in [3.63, 3.8) is 0 Å². The van der Waals surface area contributed by atoms with Crippen LogP contribution in [-0.2, 0) is 6.61 Å². The first-order chi connectivity index (χ1) is 9.74.